The molecule has 6 heteroatoms. The molecular weight excluding hydrogens is 388 g/mol. The third-order valence-electron chi connectivity index (χ3n) is 5.45. The van der Waals surface area contributed by atoms with Crippen LogP contribution >= 0.6 is 11.6 Å². The van der Waals surface area contributed by atoms with Gasteiger partial charge in [-0.15, -0.1) is 0 Å². The summed E-state index contributed by atoms with van der Waals surface area (Å²) in [6, 6.07) is 16.5. The Kier molecular flexibility index (Phi) is 5.60. The van der Waals surface area contributed by atoms with Gasteiger partial charge in [-0.3, -0.25) is 9.69 Å². The summed E-state index contributed by atoms with van der Waals surface area (Å²) in [5.41, 5.74) is 1.54. The molecule has 1 heterocycles. The molecule has 0 unspecified atom stereocenters. The predicted molar refractivity (Wildman–Crippen MR) is 115 cm³/mol. The number of rotatable bonds is 4. The SMILES string of the molecule is COc1ccc2ccc(O)c(CN3CCN(C(=O)c4ccc(Cl)cc4)CC3)c2c1. The summed E-state index contributed by atoms with van der Waals surface area (Å²) in [5, 5.41) is 13.1. The summed E-state index contributed by atoms with van der Waals surface area (Å²) >= 11 is 5.91. The van der Waals surface area contributed by atoms with Gasteiger partial charge in [0, 0.05) is 48.9 Å². The van der Waals surface area contributed by atoms with Gasteiger partial charge in [-0.05, 0) is 53.2 Å². The second kappa shape index (κ2) is 8.31. The van der Waals surface area contributed by atoms with Gasteiger partial charge >= 0.3 is 0 Å². The number of piperazine rings is 1. The number of benzene rings is 3. The number of methoxy groups -OCH3 is 1. The van der Waals surface area contributed by atoms with Gasteiger partial charge < -0.3 is 14.7 Å². The van der Waals surface area contributed by atoms with E-state index in [0.717, 1.165) is 35.2 Å². The average molecular weight is 411 g/mol. The molecule has 150 valence electrons. The third kappa shape index (κ3) is 4.16. The molecule has 0 radical (unpaired) electrons. The van der Waals surface area contributed by atoms with Crippen LogP contribution in [0.5, 0.6) is 11.5 Å². The Morgan fingerprint density at radius 3 is 2.41 bits per heavy atom. The minimum Gasteiger partial charge on any atom is -0.508 e. The van der Waals surface area contributed by atoms with Crippen LogP contribution in [0.1, 0.15) is 15.9 Å². The zero-order valence-electron chi connectivity index (χ0n) is 16.3. The van der Waals surface area contributed by atoms with Crippen molar-refractivity contribution in [3.63, 3.8) is 0 Å². The van der Waals surface area contributed by atoms with E-state index < -0.39 is 0 Å². The van der Waals surface area contributed by atoms with Crippen molar-refractivity contribution in [2.75, 3.05) is 33.3 Å². The van der Waals surface area contributed by atoms with Crippen LogP contribution in [-0.4, -0.2) is 54.1 Å². The maximum absolute atomic E-state index is 12.7. The van der Waals surface area contributed by atoms with Gasteiger partial charge in [0.15, 0.2) is 0 Å². The Labute approximate surface area is 175 Å². The minimum atomic E-state index is 0.0269. The maximum atomic E-state index is 12.7. The first kappa shape index (κ1) is 19.6. The number of hydrogen-bond donors (Lipinski definition) is 1. The van der Waals surface area contributed by atoms with E-state index >= 15 is 0 Å². The number of aromatic hydroxyl groups is 1. The second-order valence-corrected chi connectivity index (χ2v) is 7.66. The molecule has 0 aromatic heterocycles. The Morgan fingerprint density at radius 2 is 1.72 bits per heavy atom. The molecular formula is C23H23ClN2O3. The van der Waals surface area contributed by atoms with Crippen LogP contribution in [0.2, 0.25) is 5.02 Å². The fourth-order valence-corrected chi connectivity index (χ4v) is 3.88. The van der Waals surface area contributed by atoms with Crippen LogP contribution in [0.15, 0.2) is 54.6 Å². The number of nitrogens with zero attached hydrogens (tertiary/aromatic N) is 2. The van der Waals surface area contributed by atoms with E-state index in [1.165, 1.54) is 0 Å². The maximum Gasteiger partial charge on any atom is 0.253 e. The highest BCUT2D eigenvalue weighted by molar-refractivity contribution is 6.30. The molecule has 5 nitrogen and oxygen atoms in total. The topological polar surface area (TPSA) is 53.0 Å². The normalized spacial score (nSPS) is 14.9. The van der Waals surface area contributed by atoms with E-state index in [-0.39, 0.29) is 11.7 Å². The van der Waals surface area contributed by atoms with Crippen molar-refractivity contribution in [2.45, 2.75) is 6.54 Å². The molecule has 1 aliphatic heterocycles. The van der Waals surface area contributed by atoms with Crippen molar-refractivity contribution in [3.8, 4) is 11.5 Å². The van der Waals surface area contributed by atoms with Gasteiger partial charge in [0.05, 0.1) is 7.11 Å². The molecule has 0 saturated carbocycles. The molecule has 1 amide bonds. The molecule has 0 aliphatic carbocycles. The highest BCUT2D eigenvalue weighted by Gasteiger charge is 2.23. The van der Waals surface area contributed by atoms with E-state index in [2.05, 4.69) is 4.90 Å². The highest BCUT2D eigenvalue weighted by Crippen LogP contribution is 2.31. The molecule has 4 rings (SSSR count). The third-order valence-corrected chi connectivity index (χ3v) is 5.70. The number of ether oxygens (including phenoxy) is 1. The van der Waals surface area contributed by atoms with Gasteiger partial charge in [-0.1, -0.05) is 23.7 Å². The van der Waals surface area contributed by atoms with Crippen LogP contribution in [0.3, 0.4) is 0 Å². The minimum absolute atomic E-state index is 0.0269. The van der Waals surface area contributed by atoms with Crippen molar-refractivity contribution in [2.24, 2.45) is 0 Å². The molecule has 1 saturated heterocycles. The first-order chi connectivity index (χ1) is 14.0. The Bertz CT molecular complexity index is 1030. The lowest BCUT2D eigenvalue weighted by Crippen LogP contribution is -2.48. The van der Waals surface area contributed by atoms with E-state index in [9.17, 15) is 9.90 Å². The summed E-state index contributed by atoms with van der Waals surface area (Å²) in [6.07, 6.45) is 0. The van der Waals surface area contributed by atoms with Crippen LogP contribution in [-0.2, 0) is 6.54 Å². The smallest absolute Gasteiger partial charge is 0.253 e. The van der Waals surface area contributed by atoms with Gasteiger partial charge in [-0.2, -0.15) is 0 Å². The predicted octanol–water partition coefficient (Wildman–Crippen LogP) is 4.17. The van der Waals surface area contributed by atoms with Gasteiger partial charge in [0.25, 0.3) is 5.91 Å². The molecule has 29 heavy (non-hydrogen) atoms. The standard InChI is InChI=1S/C23H23ClN2O3/c1-29-19-8-4-16-5-9-22(27)21(20(16)14-19)15-25-10-12-26(13-11-25)23(28)17-2-6-18(24)7-3-17/h2-9,14,27H,10-13,15H2,1H3. The number of carbonyl (C=O) groups excluding carboxylic acids is 1. The number of halogens is 1. The van der Waals surface area contributed by atoms with Gasteiger partial charge in [0.2, 0.25) is 0 Å². The van der Waals surface area contributed by atoms with Crippen LogP contribution < -0.4 is 4.74 Å². The number of hydrogen-bond acceptors (Lipinski definition) is 4. The Balaban J connectivity index is 1.46. The number of fused-ring (bicyclic) bond motifs is 1. The lowest BCUT2D eigenvalue weighted by molar-refractivity contribution is 0.0628. The zero-order valence-corrected chi connectivity index (χ0v) is 17.0. The van der Waals surface area contributed by atoms with Crippen molar-refractivity contribution < 1.29 is 14.6 Å². The van der Waals surface area contributed by atoms with Crippen molar-refractivity contribution in [1.29, 1.82) is 0 Å². The number of carbonyl (C=O) groups is 1. The van der Waals surface area contributed by atoms with Crippen LogP contribution in [0, 0.1) is 0 Å². The van der Waals surface area contributed by atoms with E-state index in [1.54, 1.807) is 37.4 Å². The number of phenols is 1. The molecule has 3 aromatic rings. The average Bonchev–Trinajstić information content (AvgIpc) is 2.76. The molecule has 1 aliphatic rings. The van der Waals surface area contributed by atoms with Crippen molar-refractivity contribution in [1.82, 2.24) is 9.80 Å². The number of amides is 1. The molecule has 3 aromatic carbocycles. The van der Waals surface area contributed by atoms with E-state index in [4.69, 9.17) is 16.3 Å². The lowest BCUT2D eigenvalue weighted by atomic mass is 10.0. The largest absolute Gasteiger partial charge is 0.508 e. The van der Waals surface area contributed by atoms with Crippen LogP contribution in [0.25, 0.3) is 10.8 Å². The number of phenolic OH excluding ortho intramolecular Hbond substituents is 1. The summed E-state index contributed by atoms with van der Waals surface area (Å²) in [4.78, 5) is 16.8. The summed E-state index contributed by atoms with van der Waals surface area (Å²) in [5.74, 6) is 1.08. The monoisotopic (exact) mass is 410 g/mol. The Morgan fingerprint density at radius 1 is 1.03 bits per heavy atom. The molecule has 1 N–H and O–H groups in total. The molecule has 0 bridgehead atoms. The molecule has 0 atom stereocenters. The first-order valence-electron chi connectivity index (χ1n) is 9.61. The highest BCUT2D eigenvalue weighted by atomic mass is 35.5. The summed E-state index contributed by atoms with van der Waals surface area (Å²) in [7, 11) is 1.64. The Hall–Kier alpha value is -2.76. The lowest BCUT2D eigenvalue weighted by Gasteiger charge is -2.35. The fraction of sp³-hybridized carbons (Fsp3) is 0.261. The van der Waals surface area contributed by atoms with Gasteiger partial charge in [0.1, 0.15) is 11.5 Å². The fourth-order valence-electron chi connectivity index (χ4n) is 3.75. The van der Waals surface area contributed by atoms with Gasteiger partial charge in [-0.25, -0.2) is 0 Å². The van der Waals surface area contributed by atoms with E-state index in [0.29, 0.717) is 30.2 Å². The van der Waals surface area contributed by atoms with E-state index in [1.807, 2.05) is 29.2 Å². The second-order valence-electron chi connectivity index (χ2n) is 7.23. The molecule has 1 fully saturated rings. The summed E-state index contributed by atoms with van der Waals surface area (Å²) < 4.78 is 5.35. The van der Waals surface area contributed by atoms with Crippen molar-refractivity contribution in [3.05, 3.63) is 70.7 Å². The van der Waals surface area contributed by atoms with Crippen molar-refractivity contribution >= 4 is 28.3 Å². The zero-order chi connectivity index (χ0) is 20.4. The first-order valence-corrected chi connectivity index (χ1v) is 9.99. The quantitative estimate of drug-likeness (QED) is 0.701. The molecule has 0 spiro atoms. The summed E-state index contributed by atoms with van der Waals surface area (Å²) in [6.45, 7) is 3.42. The van der Waals surface area contributed by atoms with Crippen LogP contribution in [0.4, 0.5) is 0 Å².